The first-order chi connectivity index (χ1) is 17.0. The van der Waals surface area contributed by atoms with E-state index in [9.17, 15) is 9.90 Å². The first-order valence-electron chi connectivity index (χ1n) is 12.6. The molecule has 0 aromatic carbocycles. The third-order valence-electron chi connectivity index (χ3n) is 9.02. The van der Waals surface area contributed by atoms with Crippen molar-refractivity contribution in [1.82, 2.24) is 30.0 Å². The third-order valence-corrected chi connectivity index (χ3v) is 9.02. The van der Waals surface area contributed by atoms with Crippen molar-refractivity contribution in [3.63, 3.8) is 0 Å². The molecule has 182 valence electrons. The molecule has 0 radical (unpaired) electrons. The summed E-state index contributed by atoms with van der Waals surface area (Å²) in [6, 6.07) is 0.322. The third kappa shape index (κ3) is 3.00. The average Bonchev–Trinajstić information content (AvgIpc) is 3.63. The highest BCUT2D eigenvalue weighted by Crippen LogP contribution is 2.56. The minimum absolute atomic E-state index is 0.0138. The number of carbonyl (C=O) groups is 1. The molecule has 7 atom stereocenters. The second-order valence-corrected chi connectivity index (χ2v) is 11.2. The molecule has 3 unspecified atom stereocenters. The summed E-state index contributed by atoms with van der Waals surface area (Å²) in [6.45, 7) is 1.12. The predicted molar refractivity (Wildman–Crippen MR) is 122 cm³/mol. The van der Waals surface area contributed by atoms with Gasteiger partial charge < -0.3 is 29.6 Å². The highest BCUT2D eigenvalue weighted by atomic mass is 16.5. The van der Waals surface area contributed by atoms with Crippen molar-refractivity contribution >= 4 is 22.8 Å². The fourth-order valence-electron chi connectivity index (χ4n) is 7.79. The molecule has 2 aliphatic heterocycles. The zero-order valence-corrected chi connectivity index (χ0v) is 19.2. The fraction of sp³-hybridized carbons (Fsp3) is 0.625. The highest BCUT2D eigenvalue weighted by Gasteiger charge is 2.55. The summed E-state index contributed by atoms with van der Waals surface area (Å²) in [4.78, 5) is 31.3. The number of aromatic nitrogens is 5. The summed E-state index contributed by atoms with van der Waals surface area (Å²) in [5.74, 6) is 1.51. The summed E-state index contributed by atoms with van der Waals surface area (Å²) in [5.41, 5.74) is 2.38. The molecule has 6 aliphatic rings. The number of fused-ring (bicyclic) bond motifs is 3. The number of amides is 1. The maximum atomic E-state index is 13.1. The van der Waals surface area contributed by atoms with Crippen LogP contribution in [0.5, 0.6) is 0 Å². The van der Waals surface area contributed by atoms with Gasteiger partial charge in [0.05, 0.1) is 41.9 Å². The number of ether oxygens (including phenoxy) is 1. The topological polar surface area (TPSA) is 142 Å². The number of hydrogen-bond donors (Lipinski definition) is 3. The molecule has 6 bridgehead atoms. The molecular formula is C24H27N7O4. The molecule has 3 N–H and O–H groups in total. The molecule has 35 heavy (non-hydrogen) atoms. The van der Waals surface area contributed by atoms with Crippen molar-refractivity contribution in [1.29, 1.82) is 0 Å². The Hall–Kier alpha value is -3.05. The number of nitrogens with zero attached hydrogens (tertiary/aromatic N) is 5. The lowest BCUT2D eigenvalue weighted by Crippen LogP contribution is -2.59. The monoisotopic (exact) mass is 477 g/mol. The number of H-pyrrole nitrogens is 1. The molecule has 11 nitrogen and oxygen atoms in total. The Balaban J connectivity index is 1.14. The summed E-state index contributed by atoms with van der Waals surface area (Å²) in [7, 11) is 0. The normalized spacial score (nSPS) is 37.0. The van der Waals surface area contributed by atoms with Gasteiger partial charge in [-0.15, -0.1) is 0 Å². The summed E-state index contributed by atoms with van der Waals surface area (Å²) in [5, 5.41) is 19.0. The number of hydrogen-bond acceptors (Lipinski definition) is 9. The van der Waals surface area contributed by atoms with Gasteiger partial charge in [-0.3, -0.25) is 4.79 Å². The molecule has 11 heteroatoms. The van der Waals surface area contributed by atoms with Gasteiger partial charge in [-0.25, -0.2) is 9.97 Å². The number of aromatic amines is 1. The number of anilines is 1. The van der Waals surface area contributed by atoms with E-state index in [1.54, 1.807) is 17.4 Å². The number of nitrogens with one attached hydrogen (secondary N) is 2. The first-order valence-corrected chi connectivity index (χ1v) is 12.6. The van der Waals surface area contributed by atoms with E-state index in [1.165, 1.54) is 0 Å². The van der Waals surface area contributed by atoms with Crippen LogP contribution >= 0.6 is 0 Å². The molecule has 0 spiro atoms. The predicted octanol–water partition coefficient (Wildman–Crippen LogP) is 1.97. The lowest BCUT2D eigenvalue weighted by Gasteiger charge is -2.58. The SMILES string of the molecule is O=C(c1nc(-c2cnc3nc[nH]c3c2NC2[C@@H]3CC4C[C@H]2CC(O)(C4)C3)no1)N1C[C@H]2C[C@@H]1CO2. The summed E-state index contributed by atoms with van der Waals surface area (Å²) >= 11 is 0. The molecule has 1 amide bonds. The summed E-state index contributed by atoms with van der Waals surface area (Å²) < 4.78 is 11.0. The molecule has 3 aromatic heterocycles. The maximum Gasteiger partial charge on any atom is 0.316 e. The van der Waals surface area contributed by atoms with Crippen LogP contribution in [0.25, 0.3) is 22.6 Å². The summed E-state index contributed by atoms with van der Waals surface area (Å²) in [6.07, 6.45) is 9.20. The van der Waals surface area contributed by atoms with E-state index in [0.29, 0.717) is 47.9 Å². The molecule has 2 saturated heterocycles. The molecular weight excluding hydrogens is 450 g/mol. The lowest BCUT2D eigenvalue weighted by atomic mass is 9.52. The van der Waals surface area contributed by atoms with Crippen molar-refractivity contribution in [3.8, 4) is 11.4 Å². The van der Waals surface area contributed by atoms with Crippen LogP contribution in [0.4, 0.5) is 5.69 Å². The van der Waals surface area contributed by atoms with Gasteiger partial charge in [-0.1, -0.05) is 5.16 Å². The molecule has 9 rings (SSSR count). The highest BCUT2D eigenvalue weighted by molar-refractivity contribution is 5.95. The van der Waals surface area contributed by atoms with Gasteiger partial charge in [0.2, 0.25) is 5.82 Å². The van der Waals surface area contributed by atoms with Gasteiger partial charge in [0.25, 0.3) is 0 Å². The van der Waals surface area contributed by atoms with E-state index in [-0.39, 0.29) is 30.0 Å². The fourth-order valence-corrected chi connectivity index (χ4v) is 7.79. The van der Waals surface area contributed by atoms with Crippen molar-refractivity contribution < 1.29 is 19.2 Å². The van der Waals surface area contributed by atoms with E-state index in [2.05, 4.69) is 30.4 Å². The zero-order chi connectivity index (χ0) is 23.3. The second kappa shape index (κ2) is 7.01. The number of imidazole rings is 1. The van der Waals surface area contributed by atoms with Gasteiger partial charge in [0.15, 0.2) is 5.65 Å². The van der Waals surface area contributed by atoms with Crippen molar-refractivity contribution in [2.45, 2.75) is 62.3 Å². The van der Waals surface area contributed by atoms with E-state index in [0.717, 1.165) is 49.7 Å². The number of aliphatic hydroxyl groups is 1. The number of morpholine rings is 1. The standard InChI is InChI=1S/C24H27N7O4/c32-23(31-8-15-3-14(31)9-34-15)22-29-20(30-35-22)16-7-25-21-19(26-10-27-21)18(16)28-17-12-1-11-2-13(17)6-24(33,4-11)5-12/h7,10-15,17,33H,1-6,8-9H2,(H2,25,26,27,28)/t11?,12-,13+,14-,15-,17?,24?/m1/s1. The molecule has 3 aromatic rings. The van der Waals surface area contributed by atoms with Crippen LogP contribution < -0.4 is 5.32 Å². The van der Waals surface area contributed by atoms with Crippen molar-refractivity contribution in [2.24, 2.45) is 17.8 Å². The second-order valence-electron chi connectivity index (χ2n) is 11.2. The van der Waals surface area contributed by atoms with E-state index in [1.807, 2.05) is 0 Å². The van der Waals surface area contributed by atoms with Crippen LogP contribution in [0, 0.1) is 17.8 Å². The average molecular weight is 478 g/mol. The van der Waals surface area contributed by atoms with Gasteiger partial charge in [-0.05, 0) is 56.3 Å². The Morgan fingerprint density at radius 2 is 2.06 bits per heavy atom. The quantitative estimate of drug-likeness (QED) is 0.514. The smallest absolute Gasteiger partial charge is 0.316 e. The van der Waals surface area contributed by atoms with Crippen LogP contribution in [0.1, 0.15) is 49.2 Å². The minimum atomic E-state index is -0.498. The van der Waals surface area contributed by atoms with Crippen LogP contribution in [0.3, 0.4) is 0 Å². The van der Waals surface area contributed by atoms with Crippen LogP contribution in [0.2, 0.25) is 0 Å². The Kier molecular flexibility index (Phi) is 4.04. The minimum Gasteiger partial charge on any atom is -0.390 e. The number of likely N-dealkylation sites (tertiary alicyclic amines) is 1. The van der Waals surface area contributed by atoms with Gasteiger partial charge in [0, 0.05) is 18.8 Å². The maximum absolute atomic E-state index is 13.1. The lowest BCUT2D eigenvalue weighted by molar-refractivity contribution is -0.129. The van der Waals surface area contributed by atoms with Crippen LogP contribution in [-0.2, 0) is 4.74 Å². The number of rotatable bonds is 4. The molecule has 5 heterocycles. The van der Waals surface area contributed by atoms with Gasteiger partial charge >= 0.3 is 11.8 Å². The molecule has 4 saturated carbocycles. The zero-order valence-electron chi connectivity index (χ0n) is 19.2. The molecule has 4 aliphatic carbocycles. The Bertz CT molecular complexity index is 1320. The van der Waals surface area contributed by atoms with E-state index >= 15 is 0 Å². The first kappa shape index (κ1) is 20.2. The van der Waals surface area contributed by atoms with E-state index < -0.39 is 5.60 Å². The largest absolute Gasteiger partial charge is 0.390 e. The van der Waals surface area contributed by atoms with Crippen molar-refractivity contribution in [3.05, 3.63) is 18.4 Å². The number of carbonyl (C=O) groups excluding carboxylic acids is 1. The van der Waals surface area contributed by atoms with Crippen LogP contribution in [0.15, 0.2) is 17.0 Å². The Morgan fingerprint density at radius 1 is 1.20 bits per heavy atom. The van der Waals surface area contributed by atoms with Gasteiger partial charge in [0.1, 0.15) is 5.52 Å². The Labute approximate surface area is 200 Å². The van der Waals surface area contributed by atoms with Crippen LogP contribution in [-0.4, -0.2) is 77.9 Å². The molecule has 6 fully saturated rings. The Morgan fingerprint density at radius 3 is 2.80 bits per heavy atom. The van der Waals surface area contributed by atoms with Crippen molar-refractivity contribution in [2.75, 3.05) is 18.5 Å². The van der Waals surface area contributed by atoms with Gasteiger partial charge in [-0.2, -0.15) is 4.98 Å². The van der Waals surface area contributed by atoms with E-state index in [4.69, 9.17) is 9.26 Å². The number of pyridine rings is 1.